The van der Waals surface area contributed by atoms with Crippen LogP contribution in [-0.2, 0) is 4.79 Å². The highest BCUT2D eigenvalue weighted by Crippen LogP contribution is 2.51. The van der Waals surface area contributed by atoms with Gasteiger partial charge in [-0.15, -0.1) is 0 Å². The van der Waals surface area contributed by atoms with Gasteiger partial charge in [0.25, 0.3) is 0 Å². The lowest BCUT2D eigenvalue weighted by atomic mass is 9.72. The summed E-state index contributed by atoms with van der Waals surface area (Å²) in [6, 6.07) is 23.6. The van der Waals surface area contributed by atoms with Crippen molar-refractivity contribution < 1.29 is 4.79 Å². The summed E-state index contributed by atoms with van der Waals surface area (Å²) in [7, 11) is 0. The molecular weight excluding hydrogens is 451 g/mol. The molecule has 4 aromatic rings. The number of pyridine rings is 1. The lowest BCUT2D eigenvalue weighted by molar-refractivity contribution is -0.116. The third-order valence-electron chi connectivity index (χ3n) is 6.75. The zero-order valence-corrected chi connectivity index (χ0v) is 19.2. The van der Waals surface area contributed by atoms with Gasteiger partial charge in [0.05, 0.1) is 21.6 Å². The lowest BCUT2D eigenvalue weighted by Gasteiger charge is -2.37. The first-order valence-electron chi connectivity index (χ1n) is 11.0. The fourth-order valence-corrected chi connectivity index (χ4v) is 5.68. The molecule has 0 unspecified atom stereocenters. The number of carbonyl (C=O) groups is 1. The van der Waals surface area contributed by atoms with Crippen molar-refractivity contribution in [2.75, 3.05) is 5.32 Å². The van der Waals surface area contributed by atoms with E-state index in [1.807, 2.05) is 42.5 Å². The summed E-state index contributed by atoms with van der Waals surface area (Å²) < 4.78 is 0. The molecule has 0 radical (unpaired) electrons. The lowest BCUT2D eigenvalue weighted by Crippen LogP contribution is -2.29. The van der Waals surface area contributed by atoms with Crippen molar-refractivity contribution in [1.82, 2.24) is 4.98 Å². The topological polar surface area (TPSA) is 42.0 Å². The van der Waals surface area contributed by atoms with Gasteiger partial charge in [0.1, 0.15) is 0 Å². The minimum atomic E-state index is -0.350. The summed E-state index contributed by atoms with van der Waals surface area (Å²) in [5, 5.41) is 5.62. The van der Waals surface area contributed by atoms with Gasteiger partial charge in [-0.3, -0.25) is 9.78 Å². The second-order valence-electron chi connectivity index (χ2n) is 8.61. The van der Waals surface area contributed by atoms with Crippen molar-refractivity contribution >= 4 is 51.1 Å². The molecule has 0 spiro atoms. The Morgan fingerprint density at radius 3 is 2.58 bits per heavy atom. The van der Waals surface area contributed by atoms with E-state index in [1.54, 1.807) is 12.3 Å². The summed E-state index contributed by atoms with van der Waals surface area (Å²) in [4.78, 5) is 18.3. The van der Waals surface area contributed by atoms with Crippen molar-refractivity contribution in [2.45, 2.75) is 24.8 Å². The molecule has 0 saturated heterocycles. The number of rotatable bonds is 2. The van der Waals surface area contributed by atoms with Crippen LogP contribution in [0.1, 0.15) is 41.5 Å². The zero-order valence-electron chi connectivity index (χ0n) is 17.7. The molecule has 1 aromatic heterocycles. The van der Waals surface area contributed by atoms with Crippen molar-refractivity contribution in [3.8, 4) is 0 Å². The van der Waals surface area contributed by atoms with Crippen molar-refractivity contribution in [2.24, 2.45) is 0 Å². The normalized spacial score (nSPS) is 19.8. The van der Waals surface area contributed by atoms with E-state index in [0.717, 1.165) is 45.3 Å². The van der Waals surface area contributed by atoms with E-state index in [2.05, 4.69) is 34.6 Å². The molecule has 2 heterocycles. The Balaban J connectivity index is 1.60. The van der Waals surface area contributed by atoms with Gasteiger partial charge in [-0.2, -0.15) is 0 Å². The number of nitrogens with one attached hydrogen (secondary N) is 1. The molecule has 3 aromatic carbocycles. The maximum absolute atomic E-state index is 13.7. The highest BCUT2D eigenvalue weighted by Gasteiger charge is 2.39. The van der Waals surface area contributed by atoms with E-state index < -0.39 is 0 Å². The average molecular weight is 471 g/mol. The number of hydrogen-bond acceptors (Lipinski definition) is 3. The van der Waals surface area contributed by atoms with Crippen LogP contribution in [0.25, 0.3) is 16.5 Å². The Bertz CT molecular complexity index is 1450. The van der Waals surface area contributed by atoms with Gasteiger partial charge >= 0.3 is 0 Å². The number of carbonyl (C=O) groups excluding carboxylic acids is 1. The summed E-state index contributed by atoms with van der Waals surface area (Å²) >= 11 is 13.0. The van der Waals surface area contributed by atoms with Gasteiger partial charge in [0.15, 0.2) is 5.78 Å². The first-order chi connectivity index (χ1) is 16.1. The monoisotopic (exact) mass is 470 g/mol. The predicted octanol–water partition coefficient (Wildman–Crippen LogP) is 7.61. The van der Waals surface area contributed by atoms with E-state index >= 15 is 0 Å². The van der Waals surface area contributed by atoms with E-state index in [-0.39, 0.29) is 17.7 Å². The van der Waals surface area contributed by atoms with Crippen molar-refractivity contribution in [3.63, 3.8) is 0 Å². The number of halogens is 2. The SMILES string of the molecule is O=C1C[C@@H](c2ccccc2)CC2=C1[C@@H](c1cccc(Cl)c1Cl)Nc1ccc3ncccc3c12. The van der Waals surface area contributed by atoms with Crippen LogP contribution in [0.3, 0.4) is 0 Å². The number of aromatic nitrogens is 1. The molecule has 5 heteroatoms. The van der Waals surface area contributed by atoms with E-state index in [4.69, 9.17) is 23.2 Å². The molecule has 3 nitrogen and oxygen atoms in total. The molecule has 162 valence electrons. The summed E-state index contributed by atoms with van der Waals surface area (Å²) in [6.45, 7) is 0. The number of allylic oxidation sites excluding steroid dienone is 1. The largest absolute Gasteiger partial charge is 0.373 e. The van der Waals surface area contributed by atoms with Crippen molar-refractivity contribution in [1.29, 1.82) is 0 Å². The quantitative estimate of drug-likeness (QED) is 0.327. The molecule has 2 atom stereocenters. The number of fused-ring (bicyclic) bond motifs is 4. The maximum Gasteiger partial charge on any atom is 0.162 e. The number of anilines is 1. The number of benzene rings is 3. The Hall–Kier alpha value is -3.14. The van der Waals surface area contributed by atoms with Crippen LogP contribution in [0, 0.1) is 0 Å². The standard InChI is InChI=1S/C28H20Cl2N2O/c29-21-10-4-8-19(27(21)30)28-26-20(14-17(15-24(26)33)16-6-2-1-3-7-16)25-18-9-5-13-31-22(18)11-12-23(25)32-28/h1-13,17,28,32H,14-15H2/t17-,28+/m0/s1. The molecule has 1 N–H and O–H groups in total. The smallest absolute Gasteiger partial charge is 0.162 e. The summed E-state index contributed by atoms with van der Waals surface area (Å²) in [6.07, 6.45) is 3.05. The third-order valence-corrected chi connectivity index (χ3v) is 7.58. The highest BCUT2D eigenvalue weighted by atomic mass is 35.5. The van der Waals surface area contributed by atoms with Gasteiger partial charge in [0.2, 0.25) is 0 Å². The molecule has 1 aliphatic carbocycles. The van der Waals surface area contributed by atoms with Crippen LogP contribution < -0.4 is 5.32 Å². The molecule has 0 bridgehead atoms. The number of nitrogens with zero attached hydrogens (tertiary/aromatic N) is 1. The second-order valence-corrected chi connectivity index (χ2v) is 9.40. The van der Waals surface area contributed by atoms with Crippen LogP contribution in [0.4, 0.5) is 5.69 Å². The van der Waals surface area contributed by atoms with Crippen LogP contribution in [0.5, 0.6) is 0 Å². The zero-order chi connectivity index (χ0) is 22.5. The molecule has 2 aliphatic rings. The average Bonchev–Trinajstić information content (AvgIpc) is 2.85. The molecule has 0 saturated carbocycles. The Kier molecular flexibility index (Phi) is 4.97. The molecule has 0 fully saturated rings. The predicted molar refractivity (Wildman–Crippen MR) is 135 cm³/mol. The Labute approximate surface area is 202 Å². The minimum absolute atomic E-state index is 0.130. The van der Waals surface area contributed by atoms with Gasteiger partial charge in [-0.1, -0.05) is 71.7 Å². The molecule has 33 heavy (non-hydrogen) atoms. The first-order valence-corrected chi connectivity index (χ1v) is 11.8. The summed E-state index contributed by atoms with van der Waals surface area (Å²) in [5.74, 6) is 0.274. The maximum atomic E-state index is 13.7. The second kappa shape index (κ2) is 8.02. The molecule has 6 rings (SSSR count). The highest BCUT2D eigenvalue weighted by molar-refractivity contribution is 6.42. The molecule has 1 aliphatic heterocycles. The van der Waals surface area contributed by atoms with Gasteiger partial charge < -0.3 is 5.32 Å². The van der Waals surface area contributed by atoms with E-state index in [9.17, 15) is 4.79 Å². The van der Waals surface area contributed by atoms with Crippen LogP contribution >= 0.6 is 23.2 Å². The van der Waals surface area contributed by atoms with Crippen LogP contribution in [-0.4, -0.2) is 10.8 Å². The van der Waals surface area contributed by atoms with Crippen molar-refractivity contribution in [3.05, 3.63) is 111 Å². The van der Waals surface area contributed by atoms with E-state index in [0.29, 0.717) is 16.5 Å². The fourth-order valence-electron chi connectivity index (χ4n) is 5.27. The summed E-state index contributed by atoms with van der Waals surface area (Å²) in [5.41, 5.74) is 6.84. The van der Waals surface area contributed by atoms with Gasteiger partial charge in [0, 0.05) is 34.8 Å². The van der Waals surface area contributed by atoms with Gasteiger partial charge in [-0.25, -0.2) is 0 Å². The van der Waals surface area contributed by atoms with Crippen LogP contribution in [0.15, 0.2) is 84.6 Å². The minimum Gasteiger partial charge on any atom is -0.373 e. The van der Waals surface area contributed by atoms with Gasteiger partial charge in [-0.05, 0) is 53.3 Å². The number of Topliss-reactive ketones (excluding diaryl/α,β-unsaturated/α-hetero) is 1. The first kappa shape index (κ1) is 20.5. The fraction of sp³-hybridized carbons (Fsp3) is 0.143. The molecular formula is C28H20Cl2N2O. The van der Waals surface area contributed by atoms with E-state index in [1.165, 1.54) is 5.56 Å². The molecule has 0 amide bonds. The Morgan fingerprint density at radius 2 is 1.73 bits per heavy atom. The van der Waals surface area contributed by atoms with Crippen LogP contribution in [0.2, 0.25) is 10.0 Å². The third kappa shape index (κ3) is 3.35. The Morgan fingerprint density at radius 1 is 0.879 bits per heavy atom. The number of hydrogen-bond donors (Lipinski definition) is 1. The number of ketones is 1.